The Morgan fingerprint density at radius 2 is 1.73 bits per heavy atom. The van der Waals surface area contributed by atoms with Gasteiger partial charge < -0.3 is 4.40 Å². The summed E-state index contributed by atoms with van der Waals surface area (Å²) in [5, 5.41) is 0. The predicted molar refractivity (Wildman–Crippen MR) is 61.7 cm³/mol. The molecule has 0 radical (unpaired) electrons. The summed E-state index contributed by atoms with van der Waals surface area (Å²) in [6.07, 6.45) is 4.06. The second kappa shape index (κ2) is 3.24. The molecule has 2 heteroatoms. The van der Waals surface area contributed by atoms with Crippen molar-refractivity contribution in [1.82, 2.24) is 9.38 Å². The van der Waals surface area contributed by atoms with Crippen LogP contribution in [-0.4, -0.2) is 9.38 Å². The highest BCUT2D eigenvalue weighted by molar-refractivity contribution is 5.62. The molecule has 2 nitrogen and oxygen atoms in total. The summed E-state index contributed by atoms with van der Waals surface area (Å²) in [5.74, 6) is 0. The number of fused-ring (bicyclic) bond motifs is 1. The lowest BCUT2D eigenvalue weighted by atomic mass is 10.2. The third-order valence-electron chi connectivity index (χ3n) is 2.43. The van der Waals surface area contributed by atoms with E-state index >= 15 is 0 Å². The van der Waals surface area contributed by atoms with E-state index in [0.29, 0.717) is 0 Å². The summed E-state index contributed by atoms with van der Waals surface area (Å²) < 4.78 is 2.03. The first-order valence-corrected chi connectivity index (χ1v) is 4.93. The third-order valence-corrected chi connectivity index (χ3v) is 2.43. The molecule has 1 aromatic carbocycles. The van der Waals surface area contributed by atoms with Crippen LogP contribution in [0.1, 0.15) is 1.43 Å². The Kier molecular flexibility index (Phi) is 1.78. The highest BCUT2D eigenvalue weighted by Crippen LogP contribution is 2.17. The fraction of sp³-hybridized carbons (Fsp3) is 0. The van der Waals surface area contributed by atoms with Crippen LogP contribution >= 0.6 is 0 Å². The Morgan fingerprint density at radius 3 is 2.53 bits per heavy atom. The van der Waals surface area contributed by atoms with Gasteiger partial charge >= 0.3 is 1.43 Å². The van der Waals surface area contributed by atoms with Crippen LogP contribution < -0.4 is 0 Å². The largest absolute Gasteiger partial charge is 1.00 e. The Labute approximate surface area is 89.3 Å². The highest BCUT2D eigenvalue weighted by Gasteiger charge is 2.01. The summed E-state index contributed by atoms with van der Waals surface area (Å²) >= 11 is 0. The maximum Gasteiger partial charge on any atom is 1.00 e. The fourth-order valence-corrected chi connectivity index (χ4v) is 1.68. The molecule has 0 N–H and O–H groups in total. The summed E-state index contributed by atoms with van der Waals surface area (Å²) in [7, 11) is 0. The number of pyridine rings is 1. The van der Waals surface area contributed by atoms with E-state index in [9.17, 15) is 0 Å². The van der Waals surface area contributed by atoms with Gasteiger partial charge in [0.1, 0.15) is 5.65 Å². The van der Waals surface area contributed by atoms with Crippen molar-refractivity contribution < 1.29 is 1.43 Å². The predicted octanol–water partition coefficient (Wildman–Crippen LogP) is 3.11. The van der Waals surface area contributed by atoms with Crippen LogP contribution in [0, 0.1) is 0 Å². The molecule has 0 saturated heterocycles. The number of rotatable bonds is 1. The van der Waals surface area contributed by atoms with Crippen LogP contribution in [0.25, 0.3) is 16.9 Å². The summed E-state index contributed by atoms with van der Waals surface area (Å²) in [6, 6.07) is 16.2. The molecule has 2 heterocycles. The fourth-order valence-electron chi connectivity index (χ4n) is 1.68. The quantitative estimate of drug-likeness (QED) is 0.583. The lowest BCUT2D eigenvalue weighted by Gasteiger charge is -1.92. The smallest absolute Gasteiger partial charge is 0.306 e. The molecule has 0 fully saturated rings. The maximum atomic E-state index is 4.55. The molecule has 0 atom stereocenters. The third kappa shape index (κ3) is 1.40. The van der Waals surface area contributed by atoms with Gasteiger partial charge in [-0.1, -0.05) is 36.4 Å². The van der Waals surface area contributed by atoms with E-state index in [1.54, 1.807) is 0 Å². The van der Waals surface area contributed by atoms with Crippen LogP contribution in [-0.2, 0) is 0 Å². The number of hydrogen-bond acceptors (Lipinski definition) is 1. The first-order valence-electron chi connectivity index (χ1n) is 4.93. The van der Waals surface area contributed by atoms with Crippen LogP contribution in [0.2, 0.25) is 0 Å². The number of imidazole rings is 1. The van der Waals surface area contributed by atoms with Crippen molar-refractivity contribution in [3.8, 4) is 11.3 Å². The lowest BCUT2D eigenvalue weighted by molar-refractivity contribution is 1.19. The molecule has 0 unspecified atom stereocenters. The molecule has 0 bridgehead atoms. The molecule has 3 rings (SSSR count). The monoisotopic (exact) mass is 195 g/mol. The van der Waals surface area contributed by atoms with E-state index in [0.717, 1.165) is 16.9 Å². The Morgan fingerprint density at radius 1 is 0.933 bits per heavy atom. The zero-order valence-electron chi connectivity index (χ0n) is 9.17. The van der Waals surface area contributed by atoms with Crippen LogP contribution in [0.4, 0.5) is 0 Å². The van der Waals surface area contributed by atoms with Crippen molar-refractivity contribution in [1.29, 1.82) is 0 Å². The van der Waals surface area contributed by atoms with Gasteiger partial charge in [0.05, 0.1) is 5.69 Å². The van der Waals surface area contributed by atoms with E-state index in [1.807, 2.05) is 53.2 Å². The second-order valence-electron chi connectivity index (χ2n) is 3.46. The highest BCUT2D eigenvalue weighted by atomic mass is 15.0. The van der Waals surface area contributed by atoms with Crippen molar-refractivity contribution >= 4 is 5.65 Å². The van der Waals surface area contributed by atoms with Gasteiger partial charge in [-0.3, -0.25) is 0 Å². The van der Waals surface area contributed by atoms with Gasteiger partial charge in [0.15, 0.2) is 0 Å². The normalized spacial score (nSPS) is 10.7. The Hall–Kier alpha value is -2.09. The standard InChI is InChI=1S/C13H10N2/c1-2-6-11(7-3-1)12-10-15-9-5-4-8-13(15)14-12/h1-10H/p+1. The molecule has 0 amide bonds. The SMILES string of the molecule is [H+].c1ccc(-c2cn3ccccc3n2)cc1. The van der Waals surface area contributed by atoms with Crippen molar-refractivity contribution in [3.63, 3.8) is 0 Å². The zero-order chi connectivity index (χ0) is 10.1. The average Bonchev–Trinajstić information content (AvgIpc) is 2.74. The van der Waals surface area contributed by atoms with Gasteiger partial charge in [0.2, 0.25) is 0 Å². The minimum absolute atomic E-state index is 0. The molecule has 72 valence electrons. The molecule has 0 aliphatic heterocycles. The van der Waals surface area contributed by atoms with E-state index in [1.165, 1.54) is 0 Å². The van der Waals surface area contributed by atoms with Crippen LogP contribution in [0.3, 0.4) is 0 Å². The summed E-state index contributed by atoms with van der Waals surface area (Å²) in [6.45, 7) is 0. The first-order chi connectivity index (χ1) is 7.43. The molecule has 0 aliphatic rings. The lowest BCUT2D eigenvalue weighted by Crippen LogP contribution is -1.77. The van der Waals surface area contributed by atoms with Gasteiger partial charge in [0, 0.05) is 18.0 Å². The molecular weight excluding hydrogens is 184 g/mol. The minimum atomic E-state index is 0. The van der Waals surface area contributed by atoms with E-state index < -0.39 is 0 Å². The molecule has 0 saturated carbocycles. The van der Waals surface area contributed by atoms with Gasteiger partial charge in [-0.25, -0.2) is 4.98 Å². The summed E-state index contributed by atoms with van der Waals surface area (Å²) in [4.78, 5) is 4.55. The number of nitrogens with zero attached hydrogens (tertiary/aromatic N) is 2. The van der Waals surface area contributed by atoms with Crippen LogP contribution in [0.15, 0.2) is 60.9 Å². The van der Waals surface area contributed by atoms with E-state index in [2.05, 4.69) is 17.1 Å². The molecule has 15 heavy (non-hydrogen) atoms. The van der Waals surface area contributed by atoms with Gasteiger partial charge in [-0.05, 0) is 12.1 Å². The molecule has 0 aliphatic carbocycles. The number of hydrogen-bond donors (Lipinski definition) is 0. The van der Waals surface area contributed by atoms with Crippen LogP contribution in [0.5, 0.6) is 0 Å². The van der Waals surface area contributed by atoms with Crippen molar-refractivity contribution in [2.45, 2.75) is 0 Å². The summed E-state index contributed by atoms with van der Waals surface area (Å²) in [5.41, 5.74) is 3.15. The van der Waals surface area contributed by atoms with Crippen molar-refractivity contribution in [2.24, 2.45) is 0 Å². The number of benzene rings is 1. The molecule has 0 spiro atoms. The minimum Gasteiger partial charge on any atom is -0.306 e. The maximum absolute atomic E-state index is 4.55. The molecular formula is C13H11N2+. The second-order valence-corrected chi connectivity index (χ2v) is 3.46. The van der Waals surface area contributed by atoms with E-state index in [4.69, 9.17) is 0 Å². The van der Waals surface area contributed by atoms with Crippen molar-refractivity contribution in [2.75, 3.05) is 0 Å². The zero-order valence-corrected chi connectivity index (χ0v) is 8.17. The Bertz CT molecular complexity index is 554. The van der Waals surface area contributed by atoms with Gasteiger partial charge in [-0.15, -0.1) is 0 Å². The Balaban J connectivity index is 0.000000963. The average molecular weight is 195 g/mol. The molecule has 3 aromatic rings. The molecule has 2 aromatic heterocycles. The van der Waals surface area contributed by atoms with E-state index in [-0.39, 0.29) is 1.43 Å². The van der Waals surface area contributed by atoms with Crippen molar-refractivity contribution in [3.05, 3.63) is 60.9 Å². The first kappa shape index (κ1) is 8.24. The topological polar surface area (TPSA) is 17.3 Å². The number of aromatic nitrogens is 2. The van der Waals surface area contributed by atoms with Gasteiger partial charge in [-0.2, -0.15) is 0 Å². The van der Waals surface area contributed by atoms with Gasteiger partial charge in [0.25, 0.3) is 0 Å².